The Balaban J connectivity index is 1.61. The molecule has 2 aromatic carbocycles. The molecule has 144 valence electrons. The van der Waals surface area contributed by atoms with Crippen LogP contribution in [0.25, 0.3) is 10.9 Å². The van der Waals surface area contributed by atoms with Gasteiger partial charge in [-0.25, -0.2) is 4.98 Å². The molecule has 3 aromatic rings. The van der Waals surface area contributed by atoms with Crippen LogP contribution in [0, 0.1) is 10.1 Å². The van der Waals surface area contributed by atoms with Crippen LogP contribution >= 0.6 is 0 Å². The molecule has 0 saturated carbocycles. The first kappa shape index (κ1) is 19.2. The molecule has 0 saturated heterocycles. The number of carbonyl (C=O) groups is 1. The maximum absolute atomic E-state index is 12.4. The lowest BCUT2D eigenvalue weighted by atomic mass is 10.1. The van der Waals surface area contributed by atoms with E-state index in [4.69, 9.17) is 0 Å². The number of nitro benzene ring substituents is 1. The van der Waals surface area contributed by atoms with Crippen LogP contribution in [0.15, 0.2) is 53.6 Å². The van der Waals surface area contributed by atoms with E-state index in [1.807, 2.05) is 13.0 Å². The van der Waals surface area contributed by atoms with Crippen molar-refractivity contribution < 1.29 is 9.72 Å². The van der Waals surface area contributed by atoms with Crippen molar-refractivity contribution in [2.45, 2.75) is 32.7 Å². The van der Waals surface area contributed by atoms with Gasteiger partial charge in [0.1, 0.15) is 0 Å². The maximum Gasteiger partial charge on any atom is 0.274 e. The highest BCUT2D eigenvalue weighted by molar-refractivity contribution is 5.91. The Hall–Kier alpha value is -3.55. The lowest BCUT2D eigenvalue weighted by Gasteiger charge is -2.08. The summed E-state index contributed by atoms with van der Waals surface area (Å²) in [4.78, 5) is 39.5. The molecule has 0 radical (unpaired) electrons. The summed E-state index contributed by atoms with van der Waals surface area (Å²) in [6.07, 6.45) is 2.65. The van der Waals surface area contributed by atoms with Gasteiger partial charge in [0.2, 0.25) is 5.91 Å². The van der Waals surface area contributed by atoms with Gasteiger partial charge in [0.05, 0.1) is 22.2 Å². The third-order valence-corrected chi connectivity index (χ3v) is 4.48. The first-order valence-electron chi connectivity index (χ1n) is 9.01. The first-order valence-corrected chi connectivity index (χ1v) is 9.01. The van der Waals surface area contributed by atoms with Gasteiger partial charge in [-0.2, -0.15) is 0 Å². The molecule has 0 aliphatic carbocycles. The Bertz CT molecular complexity index is 1090. The molecule has 0 fully saturated rings. The summed E-state index contributed by atoms with van der Waals surface area (Å²) in [6, 6.07) is 11.8. The van der Waals surface area contributed by atoms with Crippen LogP contribution in [0.1, 0.15) is 25.3 Å². The van der Waals surface area contributed by atoms with Gasteiger partial charge < -0.3 is 5.32 Å². The maximum atomic E-state index is 12.4. The Morgan fingerprint density at radius 2 is 2.04 bits per heavy atom. The number of aryl methyl sites for hydroxylation is 2. The van der Waals surface area contributed by atoms with E-state index in [2.05, 4.69) is 10.3 Å². The Morgan fingerprint density at radius 1 is 1.25 bits per heavy atom. The van der Waals surface area contributed by atoms with Gasteiger partial charge in [-0.3, -0.25) is 24.3 Å². The number of aromatic nitrogens is 2. The fourth-order valence-corrected chi connectivity index (χ4v) is 3.01. The first-order chi connectivity index (χ1) is 13.5. The van der Waals surface area contributed by atoms with Crippen molar-refractivity contribution in [1.82, 2.24) is 9.55 Å². The summed E-state index contributed by atoms with van der Waals surface area (Å²) in [5.74, 6) is -0.264. The number of rotatable bonds is 7. The molecule has 1 amide bonds. The third kappa shape index (κ3) is 4.22. The van der Waals surface area contributed by atoms with Crippen molar-refractivity contribution in [2.24, 2.45) is 0 Å². The number of nitro groups is 1. The van der Waals surface area contributed by atoms with Crippen molar-refractivity contribution in [3.8, 4) is 0 Å². The van der Waals surface area contributed by atoms with Gasteiger partial charge in [0, 0.05) is 30.3 Å². The van der Waals surface area contributed by atoms with E-state index < -0.39 is 4.92 Å². The summed E-state index contributed by atoms with van der Waals surface area (Å²) >= 11 is 0. The molecular formula is C20H20N4O4. The normalized spacial score (nSPS) is 10.8. The highest BCUT2D eigenvalue weighted by Gasteiger charge is 2.14. The number of amides is 1. The summed E-state index contributed by atoms with van der Waals surface area (Å²) in [5.41, 5.74) is 1.49. The fourth-order valence-electron chi connectivity index (χ4n) is 3.01. The van der Waals surface area contributed by atoms with Crippen LogP contribution in [-0.4, -0.2) is 20.4 Å². The highest BCUT2D eigenvalue weighted by Crippen LogP contribution is 2.23. The summed E-state index contributed by atoms with van der Waals surface area (Å²) < 4.78 is 1.48. The molecule has 1 N–H and O–H groups in total. The largest absolute Gasteiger partial charge is 0.326 e. The molecule has 28 heavy (non-hydrogen) atoms. The third-order valence-electron chi connectivity index (χ3n) is 4.48. The molecule has 0 aliphatic heterocycles. The Kier molecular flexibility index (Phi) is 5.78. The molecule has 0 unspecified atom stereocenters. The van der Waals surface area contributed by atoms with Gasteiger partial charge in [0.25, 0.3) is 11.2 Å². The van der Waals surface area contributed by atoms with Gasteiger partial charge in [0.15, 0.2) is 0 Å². The van der Waals surface area contributed by atoms with Crippen molar-refractivity contribution in [1.29, 1.82) is 0 Å². The molecule has 0 spiro atoms. The van der Waals surface area contributed by atoms with Crippen molar-refractivity contribution in [3.05, 3.63) is 74.8 Å². The quantitative estimate of drug-likeness (QED) is 0.500. The zero-order chi connectivity index (χ0) is 20.1. The van der Waals surface area contributed by atoms with Crippen molar-refractivity contribution >= 4 is 28.2 Å². The van der Waals surface area contributed by atoms with Crippen LogP contribution in [-0.2, 0) is 17.8 Å². The smallest absolute Gasteiger partial charge is 0.274 e. The SMILES string of the molecule is CCc1ccc(NC(=O)CCCn2cnc3ccccc3c2=O)cc1[N+](=O)[O-]. The van der Waals surface area contributed by atoms with E-state index in [9.17, 15) is 19.7 Å². The number of nitrogens with one attached hydrogen (secondary N) is 1. The highest BCUT2D eigenvalue weighted by atomic mass is 16.6. The predicted molar refractivity (Wildman–Crippen MR) is 106 cm³/mol. The second-order valence-corrected chi connectivity index (χ2v) is 6.37. The number of para-hydroxylation sites is 1. The summed E-state index contributed by atoms with van der Waals surface area (Å²) in [6.45, 7) is 2.20. The van der Waals surface area contributed by atoms with Crippen LogP contribution in [0.4, 0.5) is 11.4 Å². The number of carbonyl (C=O) groups excluding carboxylic acids is 1. The monoisotopic (exact) mass is 380 g/mol. The lowest BCUT2D eigenvalue weighted by molar-refractivity contribution is -0.385. The Morgan fingerprint density at radius 3 is 2.79 bits per heavy atom. The van der Waals surface area contributed by atoms with Crippen LogP contribution in [0.2, 0.25) is 0 Å². The predicted octanol–water partition coefficient (Wildman–Crippen LogP) is 3.29. The van der Waals surface area contributed by atoms with Gasteiger partial charge in [-0.1, -0.05) is 25.1 Å². The van der Waals surface area contributed by atoms with Gasteiger partial charge in [-0.15, -0.1) is 0 Å². The minimum Gasteiger partial charge on any atom is -0.326 e. The van der Waals surface area contributed by atoms with Gasteiger partial charge >= 0.3 is 0 Å². The van der Waals surface area contributed by atoms with Crippen molar-refractivity contribution in [2.75, 3.05) is 5.32 Å². The molecule has 8 nitrogen and oxygen atoms in total. The topological polar surface area (TPSA) is 107 Å². The summed E-state index contributed by atoms with van der Waals surface area (Å²) in [5, 5.41) is 14.3. The molecule has 0 bridgehead atoms. The van der Waals surface area contributed by atoms with E-state index in [0.29, 0.717) is 41.5 Å². The van der Waals surface area contributed by atoms with Crippen molar-refractivity contribution in [3.63, 3.8) is 0 Å². The Labute approximate surface area is 161 Å². The molecule has 1 aromatic heterocycles. The number of anilines is 1. The number of benzene rings is 2. The molecule has 0 aliphatic rings. The van der Waals surface area contributed by atoms with E-state index in [1.165, 1.54) is 17.0 Å². The van der Waals surface area contributed by atoms with E-state index in [1.54, 1.807) is 30.3 Å². The molecule has 0 atom stereocenters. The number of nitrogens with zero attached hydrogens (tertiary/aromatic N) is 3. The molecule has 3 rings (SSSR count). The second-order valence-electron chi connectivity index (χ2n) is 6.37. The molecule has 1 heterocycles. The summed E-state index contributed by atoms with van der Waals surface area (Å²) in [7, 11) is 0. The average Bonchev–Trinajstić information content (AvgIpc) is 2.70. The zero-order valence-electron chi connectivity index (χ0n) is 15.4. The van der Waals surface area contributed by atoms with Crippen LogP contribution in [0.3, 0.4) is 0 Å². The number of fused-ring (bicyclic) bond motifs is 1. The minimum absolute atomic E-state index is 0.00547. The minimum atomic E-state index is -0.451. The van der Waals surface area contributed by atoms with E-state index in [0.717, 1.165) is 0 Å². The molecule has 8 heteroatoms. The van der Waals surface area contributed by atoms with Crippen LogP contribution in [0.5, 0.6) is 0 Å². The zero-order valence-corrected chi connectivity index (χ0v) is 15.4. The van der Waals surface area contributed by atoms with Crippen LogP contribution < -0.4 is 10.9 Å². The second kappa shape index (κ2) is 8.43. The van der Waals surface area contributed by atoms with Gasteiger partial charge in [-0.05, 0) is 31.0 Å². The number of hydrogen-bond donors (Lipinski definition) is 1. The van der Waals surface area contributed by atoms with E-state index in [-0.39, 0.29) is 23.6 Å². The number of hydrogen-bond acceptors (Lipinski definition) is 5. The molecular weight excluding hydrogens is 360 g/mol. The fraction of sp³-hybridized carbons (Fsp3) is 0.250. The standard InChI is InChI=1S/C20H20N4O4/c1-2-14-9-10-15(12-18(14)24(27)28)22-19(25)8-5-11-23-13-21-17-7-4-3-6-16(17)20(23)26/h3-4,6-7,9-10,12-13H,2,5,8,11H2,1H3,(H,22,25). The lowest BCUT2D eigenvalue weighted by Crippen LogP contribution is -2.21. The van der Waals surface area contributed by atoms with E-state index >= 15 is 0 Å². The average molecular weight is 380 g/mol.